The molecule has 22 aromatic carbocycles. The Morgan fingerprint density at radius 3 is 0.778 bits per heavy atom. The molecule has 0 aliphatic heterocycles. The molecule has 28 rings (SSSR count). The van der Waals surface area contributed by atoms with E-state index in [0.29, 0.717) is 0 Å². The third kappa shape index (κ3) is 13.4. The van der Waals surface area contributed by atoms with Crippen LogP contribution in [-0.2, 0) is 6.42 Å². The topological polar surface area (TPSA) is 53.5 Å². The van der Waals surface area contributed by atoms with Gasteiger partial charge in [-0.1, -0.05) is 328 Å². The average Bonchev–Trinajstić information content (AvgIpc) is 1.45. The highest BCUT2D eigenvalue weighted by atomic mass is 32.1. The summed E-state index contributed by atoms with van der Waals surface area (Å²) >= 11 is 5.60. The predicted molar refractivity (Wildman–Crippen MR) is 579 cm³/mol. The maximum absolute atomic E-state index is 5.06. The highest BCUT2D eigenvalue weighted by Gasteiger charge is 2.25. The van der Waals surface area contributed by atoms with Gasteiger partial charge in [-0.15, -0.1) is 34.0 Å². The highest BCUT2D eigenvalue weighted by Crippen LogP contribution is 2.51. The largest absolute Gasteiger partial charge is 0.297 e. The van der Waals surface area contributed by atoms with Crippen LogP contribution in [0.2, 0.25) is 0 Å². The molecule has 0 spiro atoms. The minimum absolute atomic E-state index is 0.875. The van der Waals surface area contributed by atoms with E-state index >= 15 is 0 Å². The van der Waals surface area contributed by atoms with E-state index in [-0.39, 0.29) is 0 Å². The molecule has 0 saturated carbocycles. The van der Waals surface area contributed by atoms with Crippen LogP contribution in [0.3, 0.4) is 0 Å². The Morgan fingerprint density at radius 1 is 0.193 bits per heavy atom. The summed E-state index contributed by atoms with van der Waals surface area (Å²) in [6.45, 7) is 4.24. The standard InChI is InChI=1S/C45H28N2S.C41H28N2S.C40H26N2S/c1-2-12-30(13-3-1)45-46-39-19-9-10-20-40(39)47(45)32-25-22-29(23-26-32)43-34-15-4-6-17-36(34)44(37-18-7-5-16-35(37)43)31-24-27-42-38(28-31)33-14-8-11-21-41(33)48-42;1-2-39-42-35-16-8-9-17-36(35)43(39)28-22-19-26(20-23-28)40-30-12-3-5-14-32(30)41(33-15-6-4-13-31(33)40)27-21-24-38-34(25-27)29-11-7-10-18-37(29)44-38;1-25-41-35-15-7-8-16-36(35)42(25)28-21-18-26(19-22-28)39-30-11-2-4-13-32(30)40(33-14-5-3-12-31(33)39)27-20-23-38-34(24-27)29-10-6-9-17-37(29)43-38/h1-28H;3-25H,2H2,1H3;2-24H,1H3. The van der Waals surface area contributed by atoms with Crippen LogP contribution in [0.4, 0.5) is 0 Å². The van der Waals surface area contributed by atoms with E-state index in [9.17, 15) is 0 Å². The van der Waals surface area contributed by atoms with Crippen molar-refractivity contribution in [2.24, 2.45) is 0 Å². The van der Waals surface area contributed by atoms with Gasteiger partial charge >= 0.3 is 0 Å². The molecule has 6 heterocycles. The van der Waals surface area contributed by atoms with E-state index in [1.165, 1.54) is 192 Å². The fourth-order valence-electron chi connectivity index (χ4n) is 21.4. The number of fused-ring (bicyclic) bond motifs is 18. The van der Waals surface area contributed by atoms with Crippen LogP contribution >= 0.6 is 34.0 Å². The number of imidazole rings is 3. The summed E-state index contributed by atoms with van der Waals surface area (Å²) in [5.41, 5.74) is 25.9. The van der Waals surface area contributed by atoms with Gasteiger partial charge in [-0.2, -0.15) is 0 Å². The highest BCUT2D eigenvalue weighted by molar-refractivity contribution is 7.26. The van der Waals surface area contributed by atoms with Crippen molar-refractivity contribution in [2.45, 2.75) is 20.3 Å². The summed E-state index contributed by atoms with van der Waals surface area (Å²) in [5, 5.41) is 23.2. The van der Waals surface area contributed by atoms with E-state index in [4.69, 9.17) is 15.0 Å². The maximum Gasteiger partial charge on any atom is 0.145 e. The molecule has 0 N–H and O–H groups in total. The third-order valence-electron chi connectivity index (χ3n) is 27.3. The van der Waals surface area contributed by atoms with Crippen molar-refractivity contribution in [2.75, 3.05) is 0 Å². The van der Waals surface area contributed by atoms with Gasteiger partial charge in [-0.3, -0.25) is 13.7 Å². The zero-order valence-electron chi connectivity index (χ0n) is 73.8. The second-order valence-electron chi connectivity index (χ2n) is 34.9. The molecule has 0 radical (unpaired) electrons. The smallest absolute Gasteiger partial charge is 0.145 e. The molecule has 9 heteroatoms. The van der Waals surface area contributed by atoms with E-state index in [1.54, 1.807) is 0 Å². The lowest BCUT2D eigenvalue weighted by molar-refractivity contribution is 0.908. The van der Waals surface area contributed by atoms with Crippen LogP contribution in [0.25, 0.3) is 253 Å². The molecule has 135 heavy (non-hydrogen) atoms. The van der Waals surface area contributed by atoms with E-state index < -0.39 is 0 Å². The van der Waals surface area contributed by atoms with Crippen molar-refractivity contribution >= 4 is 192 Å². The zero-order chi connectivity index (χ0) is 89.3. The summed E-state index contributed by atoms with van der Waals surface area (Å²) in [6, 6.07) is 163. The van der Waals surface area contributed by atoms with Gasteiger partial charge in [-0.05, 0) is 266 Å². The zero-order valence-corrected chi connectivity index (χ0v) is 76.3. The van der Waals surface area contributed by atoms with Crippen LogP contribution in [0.15, 0.2) is 449 Å². The Labute approximate surface area is 790 Å². The Bertz CT molecular complexity index is 9450. The molecular weight excluding hydrogens is 1690 g/mol. The molecule has 0 aliphatic carbocycles. The fraction of sp³-hybridized carbons (Fsp3) is 0.0238. The molecule has 0 atom stereocenters. The van der Waals surface area contributed by atoms with E-state index in [0.717, 1.165) is 79.6 Å². The number of nitrogens with zero attached hydrogens (tertiary/aromatic N) is 6. The lowest BCUT2D eigenvalue weighted by Gasteiger charge is -2.18. The minimum Gasteiger partial charge on any atom is -0.297 e. The molecule has 28 aromatic rings. The summed E-state index contributed by atoms with van der Waals surface area (Å²) in [7, 11) is 0. The quantitative estimate of drug-likeness (QED) is 0.121. The monoisotopic (exact) mass is 1770 g/mol. The van der Waals surface area contributed by atoms with Gasteiger partial charge in [0.05, 0.1) is 33.1 Å². The molecule has 6 nitrogen and oxygen atoms in total. The molecular formula is C126H82N6S3. The van der Waals surface area contributed by atoms with Gasteiger partial charge in [-0.25, -0.2) is 15.0 Å². The van der Waals surface area contributed by atoms with Gasteiger partial charge in [0.1, 0.15) is 17.5 Å². The van der Waals surface area contributed by atoms with E-state index in [2.05, 4.69) is 464 Å². The van der Waals surface area contributed by atoms with Crippen molar-refractivity contribution in [3.8, 4) is 95.2 Å². The fourth-order valence-corrected chi connectivity index (χ4v) is 24.6. The van der Waals surface area contributed by atoms with E-state index in [1.807, 2.05) is 46.1 Å². The lowest BCUT2D eigenvalue weighted by atomic mass is 9.85. The number of rotatable bonds is 11. The van der Waals surface area contributed by atoms with Crippen molar-refractivity contribution in [3.63, 3.8) is 0 Å². The molecule has 6 aromatic heterocycles. The van der Waals surface area contributed by atoms with Gasteiger partial charge in [0.25, 0.3) is 0 Å². The molecule has 0 amide bonds. The summed E-state index contributed by atoms with van der Waals surface area (Å²) in [6.07, 6.45) is 0.875. The van der Waals surface area contributed by atoms with Gasteiger partial charge < -0.3 is 0 Å². The first kappa shape index (κ1) is 79.4. The van der Waals surface area contributed by atoms with Crippen LogP contribution < -0.4 is 0 Å². The van der Waals surface area contributed by atoms with Crippen LogP contribution in [-0.4, -0.2) is 28.7 Å². The number of benzene rings is 22. The molecule has 0 aliphatic rings. The Balaban J connectivity index is 0.000000106. The van der Waals surface area contributed by atoms with Gasteiger partial charge in [0, 0.05) is 89.6 Å². The summed E-state index contributed by atoms with van der Waals surface area (Å²) in [5.74, 6) is 3.01. The summed E-state index contributed by atoms with van der Waals surface area (Å²) < 4.78 is 14.8. The number of aryl methyl sites for hydroxylation is 2. The Morgan fingerprint density at radius 2 is 0.437 bits per heavy atom. The second kappa shape index (κ2) is 32.8. The predicted octanol–water partition coefficient (Wildman–Crippen LogP) is 35.6. The van der Waals surface area contributed by atoms with Crippen LogP contribution in [0, 0.1) is 6.92 Å². The van der Waals surface area contributed by atoms with Crippen molar-refractivity contribution in [1.29, 1.82) is 0 Å². The first-order valence-electron chi connectivity index (χ1n) is 46.2. The first-order valence-corrected chi connectivity index (χ1v) is 48.6. The number of para-hydroxylation sites is 6. The maximum atomic E-state index is 5.06. The second-order valence-corrected chi connectivity index (χ2v) is 38.2. The van der Waals surface area contributed by atoms with Gasteiger partial charge in [0.2, 0.25) is 0 Å². The Kier molecular flexibility index (Phi) is 19.3. The summed E-state index contributed by atoms with van der Waals surface area (Å²) in [4.78, 5) is 14.7. The van der Waals surface area contributed by atoms with Gasteiger partial charge in [0.15, 0.2) is 0 Å². The molecule has 634 valence electrons. The number of hydrogen-bond acceptors (Lipinski definition) is 6. The van der Waals surface area contributed by atoms with Crippen LogP contribution in [0.5, 0.6) is 0 Å². The molecule has 0 unspecified atom stereocenters. The Hall–Kier alpha value is -16.5. The minimum atomic E-state index is 0.875. The number of aromatic nitrogens is 6. The molecule has 0 bridgehead atoms. The normalized spacial score (nSPS) is 11.8. The molecule has 0 fully saturated rings. The number of thiophene rings is 3. The number of hydrogen-bond donors (Lipinski definition) is 0. The molecule has 0 saturated heterocycles. The van der Waals surface area contributed by atoms with Crippen molar-refractivity contribution in [3.05, 3.63) is 461 Å². The van der Waals surface area contributed by atoms with Crippen molar-refractivity contribution < 1.29 is 0 Å². The lowest BCUT2D eigenvalue weighted by Crippen LogP contribution is -2.00. The first-order chi connectivity index (χ1) is 66.8. The SMILES string of the molecule is CCc1nc2ccccc2n1-c1ccc(-c2c3ccccc3c(-c3ccc4sc5ccccc5c4c3)c3ccccc23)cc1.Cc1nc2ccccc2n1-c1ccc(-c2c3ccccc3c(-c3ccc4sc5ccccc5c4c3)c3ccccc23)cc1.c1ccc(-c2nc3ccccc3n2-c2ccc(-c3c4ccccc4c(-c4ccc5sc6ccccc6c5c4)c4ccccc34)cc2)cc1. The van der Waals surface area contributed by atoms with Crippen LogP contribution in [0.1, 0.15) is 18.6 Å². The average molecular weight is 1780 g/mol. The van der Waals surface area contributed by atoms with Crippen molar-refractivity contribution in [1.82, 2.24) is 28.7 Å². The third-order valence-corrected chi connectivity index (χ3v) is 30.8.